The van der Waals surface area contributed by atoms with Crippen LogP contribution in [-0.2, 0) is 11.2 Å². The number of urea groups is 1. The molecule has 0 saturated carbocycles. The molecule has 202 valence electrons. The number of carbonyl (C=O) groups excluding carboxylic acids is 1. The number of hydrogen-bond donors (Lipinski definition) is 3. The van der Waals surface area contributed by atoms with Crippen LogP contribution < -0.4 is 20.9 Å². The first-order chi connectivity index (χ1) is 16.6. The van der Waals surface area contributed by atoms with Crippen molar-refractivity contribution in [2.45, 2.75) is 71.4 Å². The number of aliphatic hydroxyl groups excluding tert-OH is 1. The smallest absolute Gasteiger partial charge is 0.413 e. The van der Waals surface area contributed by atoms with Gasteiger partial charge >= 0.3 is 6.03 Å². The van der Waals surface area contributed by atoms with Crippen molar-refractivity contribution in [2.75, 3.05) is 47.6 Å². The van der Waals surface area contributed by atoms with E-state index in [-0.39, 0.29) is 16.9 Å². The number of amides is 2. The van der Waals surface area contributed by atoms with Crippen molar-refractivity contribution in [1.29, 1.82) is 0 Å². The summed E-state index contributed by atoms with van der Waals surface area (Å²) in [6, 6.07) is 5.13. The summed E-state index contributed by atoms with van der Waals surface area (Å²) in [5, 5.41) is 10.9. The van der Waals surface area contributed by atoms with Crippen molar-refractivity contribution in [3.05, 3.63) is 23.8 Å². The molecule has 0 aliphatic carbocycles. The van der Waals surface area contributed by atoms with Crippen molar-refractivity contribution in [3.63, 3.8) is 0 Å². The number of nitrogens with two attached hydrogens (primary N) is 2. The SMILES string of the molecule is CCCCC[N+](C)(C[C@H](O)[C@@H](N)C[C@H](Cc1ccc(OC)c(OCCCOC)c1)C(C)C)C(N)=O. The van der Waals surface area contributed by atoms with Crippen molar-refractivity contribution >= 4 is 6.03 Å². The van der Waals surface area contributed by atoms with E-state index in [0.717, 1.165) is 43.4 Å². The molecule has 1 unspecified atom stereocenters. The Hall–Kier alpha value is -1.87. The van der Waals surface area contributed by atoms with Gasteiger partial charge in [0.05, 0.1) is 27.3 Å². The van der Waals surface area contributed by atoms with E-state index in [4.69, 9.17) is 25.7 Å². The first kappa shape index (κ1) is 31.2. The standard InChI is InChI=1S/C27H49N3O5/c1-7-8-9-13-30(4,27(29)32)19-24(31)23(28)18-22(20(2)3)16-21-11-12-25(34-6)26(17-21)35-15-10-14-33-5/h11-12,17,20,22-24,31H,7-10,13-16,18-19,28H2,1-6H3,(H-,29,32)/p+1/t22-,23-,24-,30?/m0/s1. The second kappa shape index (κ2) is 16.0. The average molecular weight is 497 g/mol. The minimum atomic E-state index is -0.814. The zero-order valence-electron chi connectivity index (χ0n) is 22.8. The van der Waals surface area contributed by atoms with E-state index in [0.29, 0.717) is 37.8 Å². The van der Waals surface area contributed by atoms with Gasteiger partial charge in [-0.15, -0.1) is 0 Å². The Kier molecular flexibility index (Phi) is 14.2. The average Bonchev–Trinajstić information content (AvgIpc) is 2.81. The summed E-state index contributed by atoms with van der Waals surface area (Å²) in [4.78, 5) is 12.2. The second-order valence-corrected chi connectivity index (χ2v) is 10.2. The Morgan fingerprint density at radius 1 is 1.11 bits per heavy atom. The molecule has 8 nitrogen and oxygen atoms in total. The number of rotatable bonds is 18. The van der Waals surface area contributed by atoms with E-state index in [9.17, 15) is 9.90 Å². The van der Waals surface area contributed by atoms with Crippen molar-refractivity contribution in [3.8, 4) is 11.5 Å². The van der Waals surface area contributed by atoms with Crippen molar-refractivity contribution in [1.82, 2.24) is 0 Å². The Morgan fingerprint density at radius 3 is 2.40 bits per heavy atom. The summed E-state index contributed by atoms with van der Waals surface area (Å²) in [5.74, 6) is 2.03. The maximum atomic E-state index is 12.2. The molecule has 0 spiro atoms. The molecule has 1 aromatic rings. The van der Waals surface area contributed by atoms with E-state index in [1.165, 1.54) is 0 Å². The number of hydrogen-bond acceptors (Lipinski definition) is 6. The Bertz CT molecular complexity index is 746. The zero-order chi connectivity index (χ0) is 26.4. The van der Waals surface area contributed by atoms with Crippen LogP contribution in [0.3, 0.4) is 0 Å². The van der Waals surface area contributed by atoms with Gasteiger partial charge < -0.3 is 30.8 Å². The number of unbranched alkanes of at least 4 members (excludes halogenated alkanes) is 2. The van der Waals surface area contributed by atoms with Crippen LogP contribution in [0.15, 0.2) is 18.2 Å². The lowest BCUT2D eigenvalue weighted by Gasteiger charge is -2.34. The molecule has 8 heteroatoms. The van der Waals surface area contributed by atoms with Crippen LogP contribution in [-0.4, -0.2) is 75.3 Å². The molecule has 4 atom stereocenters. The van der Waals surface area contributed by atoms with Crippen molar-refractivity contribution in [2.24, 2.45) is 23.3 Å². The van der Waals surface area contributed by atoms with E-state index in [1.54, 1.807) is 21.3 Å². The molecule has 0 aromatic heterocycles. The van der Waals surface area contributed by atoms with E-state index in [2.05, 4.69) is 20.8 Å². The predicted molar refractivity (Wildman–Crippen MR) is 141 cm³/mol. The van der Waals surface area contributed by atoms with Crippen LogP contribution in [0.5, 0.6) is 11.5 Å². The Balaban J connectivity index is 2.86. The normalized spacial score (nSPS) is 15.9. The molecule has 0 saturated heterocycles. The van der Waals surface area contributed by atoms with Gasteiger partial charge in [-0.05, 0) is 55.2 Å². The fourth-order valence-electron chi connectivity index (χ4n) is 4.30. The van der Waals surface area contributed by atoms with Gasteiger partial charge in [-0.1, -0.05) is 33.3 Å². The van der Waals surface area contributed by atoms with Gasteiger partial charge in [0.15, 0.2) is 11.5 Å². The zero-order valence-corrected chi connectivity index (χ0v) is 22.8. The Morgan fingerprint density at radius 2 is 1.83 bits per heavy atom. The summed E-state index contributed by atoms with van der Waals surface area (Å²) in [6.07, 6.45) is 4.40. The number of aliphatic hydroxyl groups is 1. The maximum Gasteiger partial charge on any atom is 0.413 e. The van der Waals surface area contributed by atoms with Crippen LogP contribution >= 0.6 is 0 Å². The third kappa shape index (κ3) is 10.7. The highest BCUT2D eigenvalue weighted by Crippen LogP contribution is 2.31. The summed E-state index contributed by atoms with van der Waals surface area (Å²) >= 11 is 0. The number of nitrogens with zero attached hydrogens (tertiary/aromatic N) is 1. The van der Waals surface area contributed by atoms with Crippen LogP contribution in [0.2, 0.25) is 0 Å². The van der Waals surface area contributed by atoms with Crippen LogP contribution in [0.4, 0.5) is 4.79 Å². The molecule has 1 rings (SSSR count). The molecule has 0 aliphatic rings. The molecule has 1 aromatic carbocycles. The van der Waals surface area contributed by atoms with Crippen LogP contribution in [0, 0.1) is 11.8 Å². The highest BCUT2D eigenvalue weighted by molar-refractivity contribution is 5.64. The van der Waals surface area contributed by atoms with Gasteiger partial charge in [-0.2, -0.15) is 0 Å². The molecule has 0 heterocycles. The molecule has 35 heavy (non-hydrogen) atoms. The van der Waals surface area contributed by atoms with Gasteiger partial charge in [-0.25, -0.2) is 9.28 Å². The quantitative estimate of drug-likeness (QED) is 0.211. The van der Waals surface area contributed by atoms with Gasteiger partial charge in [0.1, 0.15) is 12.6 Å². The molecular weight excluding hydrogens is 446 g/mol. The highest BCUT2D eigenvalue weighted by Gasteiger charge is 2.34. The number of primary amides is 1. The topological polar surface area (TPSA) is 117 Å². The third-order valence-corrected chi connectivity index (χ3v) is 6.87. The van der Waals surface area contributed by atoms with Crippen molar-refractivity contribution < 1.29 is 28.6 Å². The lowest BCUT2D eigenvalue weighted by atomic mass is 9.83. The largest absolute Gasteiger partial charge is 0.493 e. The predicted octanol–water partition coefficient (Wildman–Crippen LogP) is 3.72. The van der Waals surface area contributed by atoms with Gasteiger partial charge in [0.25, 0.3) is 0 Å². The van der Waals surface area contributed by atoms with Gasteiger partial charge in [0.2, 0.25) is 0 Å². The fourth-order valence-corrected chi connectivity index (χ4v) is 4.30. The highest BCUT2D eigenvalue weighted by atomic mass is 16.5. The molecule has 0 fully saturated rings. The van der Waals surface area contributed by atoms with Gasteiger partial charge in [0, 0.05) is 26.2 Å². The number of methoxy groups -OCH3 is 2. The number of quaternary nitrogens is 1. The van der Waals surface area contributed by atoms with Crippen LogP contribution in [0.25, 0.3) is 0 Å². The molecule has 0 bridgehead atoms. The van der Waals surface area contributed by atoms with E-state index >= 15 is 0 Å². The lowest BCUT2D eigenvalue weighted by Crippen LogP contribution is -2.59. The summed E-state index contributed by atoms with van der Waals surface area (Å²) in [6.45, 7) is 8.49. The minimum absolute atomic E-state index is 0.00343. The number of carbonyl (C=O) groups is 1. The molecule has 0 radical (unpaired) electrons. The number of likely N-dealkylation sites (N-methyl/N-ethyl adjacent to an activating group) is 1. The molecule has 5 N–H and O–H groups in total. The van der Waals surface area contributed by atoms with Gasteiger partial charge in [-0.3, -0.25) is 0 Å². The summed E-state index contributed by atoms with van der Waals surface area (Å²) in [5.41, 5.74) is 13.3. The molecule has 0 aliphatic heterocycles. The summed E-state index contributed by atoms with van der Waals surface area (Å²) in [7, 11) is 5.10. The summed E-state index contributed by atoms with van der Waals surface area (Å²) < 4.78 is 16.5. The second-order valence-electron chi connectivity index (χ2n) is 10.2. The lowest BCUT2D eigenvalue weighted by molar-refractivity contribution is -0.833. The number of benzene rings is 1. The first-order valence-electron chi connectivity index (χ1n) is 12.9. The monoisotopic (exact) mass is 496 g/mol. The fraction of sp³-hybridized carbons (Fsp3) is 0.741. The van der Waals surface area contributed by atoms with Crippen LogP contribution in [0.1, 0.15) is 58.4 Å². The van der Waals surface area contributed by atoms with E-state index < -0.39 is 18.2 Å². The third-order valence-electron chi connectivity index (χ3n) is 6.87. The maximum absolute atomic E-state index is 12.2. The number of ether oxygens (including phenoxy) is 3. The first-order valence-corrected chi connectivity index (χ1v) is 12.9. The van der Waals surface area contributed by atoms with E-state index in [1.807, 2.05) is 18.2 Å². The minimum Gasteiger partial charge on any atom is -0.493 e. The Labute approximate surface area is 212 Å². The molecule has 2 amide bonds. The molecular formula is C27H50N3O5+.